The largest absolute Gasteiger partial charge is 0.452 e. The van der Waals surface area contributed by atoms with Crippen molar-refractivity contribution in [2.45, 2.75) is 59.7 Å². The Balaban J connectivity index is 1.63. The molecule has 31 heavy (non-hydrogen) atoms. The number of amides is 1. The molecule has 164 valence electrons. The van der Waals surface area contributed by atoms with E-state index >= 15 is 0 Å². The number of nitrogens with zero attached hydrogens (tertiary/aromatic N) is 2. The predicted octanol–water partition coefficient (Wildman–Crippen LogP) is 3.79. The number of anilines is 1. The first kappa shape index (κ1) is 22.3. The number of imidazole rings is 1. The molecule has 2 aromatic carbocycles. The van der Waals surface area contributed by atoms with E-state index in [-0.39, 0.29) is 18.7 Å². The topological polar surface area (TPSA) is 82.3 Å². The van der Waals surface area contributed by atoms with E-state index in [4.69, 9.17) is 4.74 Å². The second-order valence-electron chi connectivity index (χ2n) is 7.76. The highest BCUT2D eigenvalue weighted by atomic mass is 16.5. The van der Waals surface area contributed by atoms with E-state index in [0.717, 1.165) is 28.6 Å². The van der Waals surface area contributed by atoms with Crippen molar-refractivity contribution in [3.63, 3.8) is 0 Å². The molecule has 3 rings (SSSR count). The summed E-state index contributed by atoms with van der Waals surface area (Å²) >= 11 is 0. The van der Waals surface area contributed by atoms with Crippen molar-refractivity contribution in [3.8, 4) is 0 Å². The second-order valence-corrected chi connectivity index (χ2v) is 7.76. The summed E-state index contributed by atoms with van der Waals surface area (Å²) in [6, 6.07) is 13.2. The molecule has 0 unspecified atom stereocenters. The van der Waals surface area contributed by atoms with Gasteiger partial charge in [0.05, 0.1) is 17.5 Å². The van der Waals surface area contributed by atoms with Gasteiger partial charge in [0, 0.05) is 18.8 Å². The molecule has 3 aromatic rings. The van der Waals surface area contributed by atoms with Crippen molar-refractivity contribution in [2.75, 3.05) is 5.32 Å². The first-order valence-corrected chi connectivity index (χ1v) is 10.6. The van der Waals surface area contributed by atoms with E-state index in [2.05, 4.69) is 5.32 Å². The summed E-state index contributed by atoms with van der Waals surface area (Å²) in [7, 11) is 0. The third-order valence-electron chi connectivity index (χ3n) is 5.23. The first-order chi connectivity index (χ1) is 14.8. The Hall–Kier alpha value is -3.35. The van der Waals surface area contributed by atoms with E-state index in [0.29, 0.717) is 12.2 Å². The van der Waals surface area contributed by atoms with E-state index in [1.807, 2.05) is 63.2 Å². The fraction of sp³-hybridized carbons (Fsp3) is 0.375. The predicted molar refractivity (Wildman–Crippen MR) is 121 cm³/mol. The summed E-state index contributed by atoms with van der Waals surface area (Å²) in [4.78, 5) is 37.6. The number of aromatic nitrogens is 2. The van der Waals surface area contributed by atoms with Gasteiger partial charge in [-0.15, -0.1) is 0 Å². The number of rotatable bonds is 8. The van der Waals surface area contributed by atoms with Crippen LogP contribution in [0.15, 0.2) is 47.3 Å². The normalized spacial score (nSPS) is 12.0. The van der Waals surface area contributed by atoms with Crippen LogP contribution in [0, 0.1) is 13.8 Å². The maximum atomic E-state index is 12.8. The quantitative estimate of drug-likeness (QED) is 0.559. The molecule has 7 nitrogen and oxygen atoms in total. The van der Waals surface area contributed by atoms with Gasteiger partial charge in [0.25, 0.3) is 5.91 Å². The average molecular weight is 424 g/mol. The lowest BCUT2D eigenvalue weighted by Crippen LogP contribution is -2.31. The molecule has 1 heterocycles. The van der Waals surface area contributed by atoms with Crippen LogP contribution in [0.4, 0.5) is 5.69 Å². The Bertz CT molecular complexity index is 1160. The Morgan fingerprint density at radius 1 is 1.03 bits per heavy atom. The highest BCUT2D eigenvalue weighted by molar-refractivity contribution is 5.95. The van der Waals surface area contributed by atoms with Crippen molar-refractivity contribution >= 4 is 28.6 Å². The third-order valence-corrected chi connectivity index (χ3v) is 5.23. The number of carbonyl (C=O) groups excluding carboxylic acids is 2. The Morgan fingerprint density at radius 3 is 2.29 bits per heavy atom. The van der Waals surface area contributed by atoms with E-state index in [9.17, 15) is 14.4 Å². The Labute approximate surface area is 181 Å². The van der Waals surface area contributed by atoms with Crippen LogP contribution in [0.5, 0.6) is 0 Å². The molecule has 1 N–H and O–H groups in total. The number of carbonyl (C=O) groups is 2. The van der Waals surface area contributed by atoms with Crippen LogP contribution in [-0.2, 0) is 27.4 Å². The summed E-state index contributed by atoms with van der Waals surface area (Å²) in [5.41, 5.74) is 4.23. The van der Waals surface area contributed by atoms with Crippen LogP contribution in [-0.4, -0.2) is 27.1 Å². The minimum Gasteiger partial charge on any atom is -0.452 e. The molecule has 0 aliphatic rings. The zero-order chi connectivity index (χ0) is 22.5. The number of hydrogen-bond acceptors (Lipinski definition) is 4. The summed E-state index contributed by atoms with van der Waals surface area (Å²) in [6.45, 7) is 8.25. The van der Waals surface area contributed by atoms with Gasteiger partial charge < -0.3 is 10.1 Å². The maximum absolute atomic E-state index is 12.8. The minimum atomic E-state index is -0.939. The van der Waals surface area contributed by atoms with Crippen molar-refractivity contribution in [3.05, 3.63) is 64.1 Å². The molecule has 7 heteroatoms. The van der Waals surface area contributed by atoms with Crippen LogP contribution in [0.2, 0.25) is 0 Å². The second kappa shape index (κ2) is 9.64. The molecule has 1 amide bonds. The fourth-order valence-corrected chi connectivity index (χ4v) is 3.63. The molecule has 0 aliphatic carbocycles. The highest BCUT2D eigenvalue weighted by Gasteiger charge is 2.20. The van der Waals surface area contributed by atoms with Gasteiger partial charge >= 0.3 is 11.7 Å². The lowest BCUT2D eigenvalue weighted by atomic mass is 10.1. The minimum absolute atomic E-state index is 0.00121. The van der Waals surface area contributed by atoms with Crippen LogP contribution in [0.1, 0.15) is 37.8 Å². The van der Waals surface area contributed by atoms with E-state index < -0.39 is 18.0 Å². The number of fused-ring (bicyclic) bond motifs is 1. The van der Waals surface area contributed by atoms with Crippen LogP contribution in [0.25, 0.3) is 11.0 Å². The molecule has 0 radical (unpaired) electrons. The number of aryl methyl sites for hydroxylation is 4. The molecule has 0 aliphatic heterocycles. The zero-order valence-electron chi connectivity index (χ0n) is 18.5. The molecular formula is C24H29N3O4. The molecule has 1 aromatic heterocycles. The van der Waals surface area contributed by atoms with Gasteiger partial charge in [-0.05, 0) is 51.0 Å². The maximum Gasteiger partial charge on any atom is 0.329 e. The average Bonchev–Trinajstić information content (AvgIpc) is 3.00. The summed E-state index contributed by atoms with van der Waals surface area (Å²) in [5, 5.41) is 2.79. The van der Waals surface area contributed by atoms with Crippen LogP contribution in [0.3, 0.4) is 0 Å². The lowest BCUT2D eigenvalue weighted by Gasteiger charge is -2.15. The SMILES string of the molecule is CCCn1c(=O)n(CCC(=O)O[C@H](C)C(=O)Nc2ccc(C)cc2C)c2ccccc21. The molecule has 0 saturated heterocycles. The van der Waals surface area contributed by atoms with Gasteiger partial charge in [0.1, 0.15) is 0 Å². The number of nitrogens with one attached hydrogen (secondary N) is 1. The Kier molecular flexibility index (Phi) is 6.95. The van der Waals surface area contributed by atoms with Crippen LogP contribution < -0.4 is 11.0 Å². The summed E-state index contributed by atoms with van der Waals surface area (Å²) < 4.78 is 8.62. The van der Waals surface area contributed by atoms with Gasteiger partial charge in [-0.2, -0.15) is 0 Å². The van der Waals surface area contributed by atoms with Gasteiger partial charge in [0.15, 0.2) is 6.10 Å². The number of hydrogen-bond donors (Lipinski definition) is 1. The fourth-order valence-electron chi connectivity index (χ4n) is 3.63. The molecule has 0 bridgehead atoms. The molecular weight excluding hydrogens is 394 g/mol. The van der Waals surface area contributed by atoms with Gasteiger partial charge in [0.2, 0.25) is 0 Å². The smallest absolute Gasteiger partial charge is 0.329 e. The number of para-hydroxylation sites is 2. The number of ether oxygens (including phenoxy) is 1. The standard InChI is InChI=1S/C24H29N3O4/c1-5-13-26-20-8-6-7-9-21(20)27(24(26)30)14-12-22(28)31-18(4)23(29)25-19-11-10-16(2)15-17(19)3/h6-11,15,18H,5,12-14H2,1-4H3,(H,25,29)/t18-/m1/s1. The summed E-state index contributed by atoms with van der Waals surface area (Å²) in [6.07, 6.45) is -0.101. The first-order valence-electron chi connectivity index (χ1n) is 10.6. The van der Waals surface area contributed by atoms with Crippen molar-refractivity contribution in [1.29, 1.82) is 0 Å². The van der Waals surface area contributed by atoms with E-state index in [1.54, 1.807) is 9.13 Å². The van der Waals surface area contributed by atoms with Crippen molar-refractivity contribution < 1.29 is 14.3 Å². The van der Waals surface area contributed by atoms with Gasteiger partial charge in [-0.1, -0.05) is 36.8 Å². The van der Waals surface area contributed by atoms with Crippen LogP contribution >= 0.6 is 0 Å². The van der Waals surface area contributed by atoms with Crippen molar-refractivity contribution in [2.24, 2.45) is 0 Å². The van der Waals surface area contributed by atoms with Gasteiger partial charge in [-0.25, -0.2) is 4.79 Å². The molecule has 0 saturated carbocycles. The highest BCUT2D eigenvalue weighted by Crippen LogP contribution is 2.17. The number of esters is 1. The monoisotopic (exact) mass is 423 g/mol. The number of benzene rings is 2. The van der Waals surface area contributed by atoms with Gasteiger partial charge in [-0.3, -0.25) is 18.7 Å². The third kappa shape index (κ3) is 5.05. The van der Waals surface area contributed by atoms with E-state index in [1.165, 1.54) is 6.92 Å². The summed E-state index contributed by atoms with van der Waals surface area (Å²) in [5.74, 6) is -0.917. The van der Waals surface area contributed by atoms with Crippen molar-refractivity contribution in [1.82, 2.24) is 9.13 Å². The lowest BCUT2D eigenvalue weighted by molar-refractivity contribution is -0.153. The Morgan fingerprint density at radius 2 is 1.68 bits per heavy atom. The molecule has 0 fully saturated rings. The zero-order valence-corrected chi connectivity index (χ0v) is 18.5. The molecule has 0 spiro atoms. The molecule has 1 atom stereocenters.